The van der Waals surface area contributed by atoms with Crippen molar-refractivity contribution in [3.63, 3.8) is 0 Å². The van der Waals surface area contributed by atoms with Gasteiger partial charge in [-0.3, -0.25) is 0 Å². The predicted molar refractivity (Wildman–Crippen MR) is 62.2 cm³/mol. The van der Waals surface area contributed by atoms with Gasteiger partial charge in [0.2, 0.25) is 0 Å². The molecule has 0 aromatic heterocycles. The molecule has 0 bridgehead atoms. The van der Waals surface area contributed by atoms with Crippen LogP contribution in [-0.4, -0.2) is 19.6 Å². The van der Waals surface area contributed by atoms with Crippen molar-refractivity contribution in [1.82, 2.24) is 5.32 Å². The topological polar surface area (TPSA) is 38.0 Å². The van der Waals surface area contributed by atoms with E-state index in [1.54, 1.807) is 0 Å². The maximum absolute atomic E-state index is 5.73. The average Bonchev–Trinajstić information content (AvgIpc) is 2.84. The van der Waals surface area contributed by atoms with Crippen LogP contribution < -0.4 is 11.1 Å². The smallest absolute Gasteiger partial charge is 0.00200 e. The summed E-state index contributed by atoms with van der Waals surface area (Å²) < 4.78 is 0. The van der Waals surface area contributed by atoms with Crippen LogP contribution in [0.4, 0.5) is 0 Å². The minimum Gasteiger partial charge on any atom is -0.330 e. The molecule has 3 N–H and O–H groups in total. The molecule has 0 radical (unpaired) electrons. The Hall–Kier alpha value is -0.0800. The molecule has 1 rings (SSSR count). The molecule has 2 heteroatoms. The van der Waals surface area contributed by atoms with Crippen molar-refractivity contribution in [3.05, 3.63) is 0 Å². The molecule has 14 heavy (non-hydrogen) atoms. The summed E-state index contributed by atoms with van der Waals surface area (Å²) >= 11 is 0. The van der Waals surface area contributed by atoms with Gasteiger partial charge < -0.3 is 11.1 Å². The molecular formula is C12H26N2. The second kappa shape index (κ2) is 4.19. The Morgan fingerprint density at radius 2 is 1.93 bits per heavy atom. The second-order valence-corrected chi connectivity index (χ2v) is 6.10. The Morgan fingerprint density at radius 3 is 2.29 bits per heavy atom. The fourth-order valence-corrected chi connectivity index (χ4v) is 1.49. The largest absolute Gasteiger partial charge is 0.330 e. The summed E-state index contributed by atoms with van der Waals surface area (Å²) in [5, 5.41) is 3.57. The third-order valence-corrected chi connectivity index (χ3v) is 3.82. The highest BCUT2D eigenvalue weighted by atomic mass is 14.9. The van der Waals surface area contributed by atoms with Gasteiger partial charge in [-0.1, -0.05) is 27.7 Å². The van der Waals surface area contributed by atoms with E-state index < -0.39 is 0 Å². The highest BCUT2D eigenvalue weighted by molar-refractivity contribution is 4.95. The number of rotatable bonds is 5. The summed E-state index contributed by atoms with van der Waals surface area (Å²) in [5.74, 6) is 0.719. The molecule has 0 aliphatic heterocycles. The number of nitrogens with two attached hydrogens (primary N) is 1. The van der Waals surface area contributed by atoms with Crippen molar-refractivity contribution in [2.45, 2.75) is 40.5 Å². The molecular weight excluding hydrogens is 172 g/mol. The lowest BCUT2D eigenvalue weighted by Gasteiger charge is -2.28. The summed E-state index contributed by atoms with van der Waals surface area (Å²) in [6.07, 6.45) is 2.64. The van der Waals surface area contributed by atoms with Crippen LogP contribution in [0.1, 0.15) is 40.5 Å². The van der Waals surface area contributed by atoms with Gasteiger partial charge in [-0.05, 0) is 42.7 Å². The van der Waals surface area contributed by atoms with Gasteiger partial charge in [0.15, 0.2) is 0 Å². The Morgan fingerprint density at radius 1 is 1.36 bits per heavy atom. The van der Waals surface area contributed by atoms with E-state index >= 15 is 0 Å². The molecule has 0 heterocycles. The van der Waals surface area contributed by atoms with E-state index in [-0.39, 0.29) is 0 Å². The highest BCUT2D eigenvalue weighted by Crippen LogP contribution is 2.43. The maximum atomic E-state index is 5.73. The molecule has 84 valence electrons. The van der Waals surface area contributed by atoms with Gasteiger partial charge in [0.1, 0.15) is 0 Å². The van der Waals surface area contributed by atoms with Gasteiger partial charge in [0.25, 0.3) is 0 Å². The zero-order chi connectivity index (χ0) is 10.8. The maximum Gasteiger partial charge on any atom is 0.00200 e. The summed E-state index contributed by atoms with van der Waals surface area (Å²) in [4.78, 5) is 0. The third-order valence-electron chi connectivity index (χ3n) is 3.82. The first-order chi connectivity index (χ1) is 6.40. The molecule has 0 aromatic rings. The van der Waals surface area contributed by atoms with E-state index in [4.69, 9.17) is 5.73 Å². The minimum atomic E-state index is 0.409. The molecule has 0 aromatic carbocycles. The first kappa shape index (κ1) is 12.0. The van der Waals surface area contributed by atoms with Crippen LogP contribution in [0.5, 0.6) is 0 Å². The van der Waals surface area contributed by atoms with E-state index in [1.807, 2.05) is 0 Å². The van der Waals surface area contributed by atoms with E-state index in [0.29, 0.717) is 10.8 Å². The minimum absolute atomic E-state index is 0.409. The summed E-state index contributed by atoms with van der Waals surface area (Å²) in [6, 6.07) is 0. The second-order valence-electron chi connectivity index (χ2n) is 6.10. The standard InChI is InChI=1S/C12H26N2/c1-10(11(2,3)4)7-14-9-12(8-13)5-6-12/h10,14H,5-9,13H2,1-4H3. The van der Waals surface area contributed by atoms with Crippen LogP contribution >= 0.6 is 0 Å². The van der Waals surface area contributed by atoms with Gasteiger partial charge in [-0.2, -0.15) is 0 Å². The van der Waals surface area contributed by atoms with Gasteiger partial charge in [-0.25, -0.2) is 0 Å². The lowest BCUT2D eigenvalue weighted by Crippen LogP contribution is -2.35. The summed E-state index contributed by atoms with van der Waals surface area (Å²) in [7, 11) is 0. The summed E-state index contributed by atoms with van der Waals surface area (Å²) in [5.41, 5.74) is 6.61. The van der Waals surface area contributed by atoms with Crippen molar-refractivity contribution in [3.8, 4) is 0 Å². The molecule has 1 aliphatic carbocycles. The molecule has 1 unspecified atom stereocenters. The molecule has 1 saturated carbocycles. The Balaban J connectivity index is 2.15. The Kier molecular flexibility index (Phi) is 3.59. The van der Waals surface area contributed by atoms with Gasteiger partial charge in [-0.15, -0.1) is 0 Å². The van der Waals surface area contributed by atoms with Gasteiger partial charge in [0.05, 0.1) is 0 Å². The lowest BCUT2D eigenvalue weighted by molar-refractivity contribution is 0.248. The average molecular weight is 198 g/mol. The molecule has 0 saturated heterocycles. The van der Waals surface area contributed by atoms with Crippen LogP contribution in [0.15, 0.2) is 0 Å². The monoisotopic (exact) mass is 198 g/mol. The van der Waals surface area contributed by atoms with Crippen LogP contribution in [-0.2, 0) is 0 Å². The quantitative estimate of drug-likeness (QED) is 0.709. The van der Waals surface area contributed by atoms with Crippen molar-refractivity contribution in [2.75, 3.05) is 19.6 Å². The lowest BCUT2D eigenvalue weighted by atomic mass is 9.82. The number of hydrogen-bond donors (Lipinski definition) is 2. The van der Waals surface area contributed by atoms with Crippen LogP contribution in [0.2, 0.25) is 0 Å². The van der Waals surface area contributed by atoms with Crippen LogP contribution in [0.3, 0.4) is 0 Å². The first-order valence-corrected chi connectivity index (χ1v) is 5.80. The van der Waals surface area contributed by atoms with E-state index in [1.165, 1.54) is 12.8 Å². The van der Waals surface area contributed by atoms with Crippen molar-refractivity contribution in [1.29, 1.82) is 0 Å². The highest BCUT2D eigenvalue weighted by Gasteiger charge is 2.40. The SMILES string of the molecule is CC(CNCC1(CN)CC1)C(C)(C)C. The van der Waals surface area contributed by atoms with Gasteiger partial charge in [0, 0.05) is 6.54 Å². The summed E-state index contributed by atoms with van der Waals surface area (Å²) in [6.45, 7) is 12.3. The zero-order valence-electron chi connectivity index (χ0n) is 10.2. The molecule has 2 nitrogen and oxygen atoms in total. The fourth-order valence-electron chi connectivity index (χ4n) is 1.49. The van der Waals surface area contributed by atoms with Crippen molar-refractivity contribution in [2.24, 2.45) is 22.5 Å². The van der Waals surface area contributed by atoms with Gasteiger partial charge >= 0.3 is 0 Å². The third kappa shape index (κ3) is 3.25. The normalized spacial score (nSPS) is 22.1. The molecule has 1 aliphatic rings. The molecule has 1 fully saturated rings. The Bertz CT molecular complexity index is 177. The van der Waals surface area contributed by atoms with E-state index in [0.717, 1.165) is 25.6 Å². The van der Waals surface area contributed by atoms with E-state index in [9.17, 15) is 0 Å². The molecule has 0 amide bonds. The zero-order valence-corrected chi connectivity index (χ0v) is 10.2. The molecule has 1 atom stereocenters. The van der Waals surface area contributed by atoms with E-state index in [2.05, 4.69) is 33.0 Å². The fraction of sp³-hybridized carbons (Fsp3) is 1.00. The Labute approximate surface area is 88.6 Å². The van der Waals surface area contributed by atoms with Crippen LogP contribution in [0, 0.1) is 16.7 Å². The van der Waals surface area contributed by atoms with Crippen LogP contribution in [0.25, 0.3) is 0 Å². The number of nitrogens with one attached hydrogen (secondary N) is 1. The van der Waals surface area contributed by atoms with Crippen molar-refractivity contribution >= 4 is 0 Å². The first-order valence-electron chi connectivity index (χ1n) is 5.80. The van der Waals surface area contributed by atoms with Crippen molar-refractivity contribution < 1.29 is 0 Å². The number of hydrogen-bond acceptors (Lipinski definition) is 2. The molecule has 0 spiro atoms. The predicted octanol–water partition coefficient (Wildman–Crippen LogP) is 2.00.